The topological polar surface area (TPSA) is 238 Å². The Labute approximate surface area is 295 Å². The summed E-state index contributed by atoms with van der Waals surface area (Å²) in [4.78, 5) is 50.1. The second kappa shape index (κ2) is 17.0. The molecule has 16 nitrogen and oxygen atoms in total. The maximum absolute atomic E-state index is 13.1. The number of carboxylic acids is 1. The van der Waals surface area contributed by atoms with Crippen molar-refractivity contribution in [1.82, 2.24) is 14.9 Å². The van der Waals surface area contributed by atoms with Crippen molar-refractivity contribution in [2.45, 2.75) is 81.6 Å². The summed E-state index contributed by atoms with van der Waals surface area (Å²) in [6.45, 7) is 5.54. The van der Waals surface area contributed by atoms with Crippen LogP contribution in [0.1, 0.15) is 51.7 Å². The number of esters is 2. The number of amides is 1. The predicted octanol–water partition coefficient (Wildman–Crippen LogP) is 1.49. The Morgan fingerprint density at radius 2 is 1.68 bits per heavy atom. The largest absolute Gasteiger partial charge is 0.480 e. The molecular formula is C31H41ClN4O12S2. The highest BCUT2D eigenvalue weighted by Crippen LogP contribution is 2.24. The van der Waals surface area contributed by atoms with Crippen LogP contribution in [0, 0.1) is 5.41 Å². The molecule has 50 heavy (non-hydrogen) atoms. The first-order chi connectivity index (χ1) is 23.2. The van der Waals surface area contributed by atoms with Gasteiger partial charge in [0.1, 0.15) is 17.0 Å². The van der Waals surface area contributed by atoms with E-state index in [9.17, 15) is 41.1 Å². The van der Waals surface area contributed by atoms with Crippen LogP contribution < -0.4 is 15.2 Å². The molecule has 1 aliphatic rings. The molecule has 0 aliphatic carbocycles. The van der Waals surface area contributed by atoms with E-state index in [1.54, 1.807) is 45.0 Å². The average Bonchev–Trinajstić information content (AvgIpc) is 3.53. The fourth-order valence-corrected chi connectivity index (χ4v) is 6.92. The van der Waals surface area contributed by atoms with E-state index in [0.717, 1.165) is 18.2 Å². The molecule has 276 valence electrons. The SMILES string of the molecule is C[C@H](NC(COCc1ccc(CNS(=O)(=O)c2ccc(Cl)c(S(N)(=O)=O)c2)cc1)C(=O)OCOC(=O)C(C)(C)C)C(=O)N1CCC[C@H]1C(=O)O. The summed E-state index contributed by atoms with van der Waals surface area (Å²) in [5, 5.41) is 17.2. The summed E-state index contributed by atoms with van der Waals surface area (Å²) in [5.41, 5.74) is 0.365. The number of benzene rings is 2. The van der Waals surface area contributed by atoms with E-state index in [1.165, 1.54) is 11.8 Å². The van der Waals surface area contributed by atoms with Gasteiger partial charge in [0.2, 0.25) is 32.7 Å². The van der Waals surface area contributed by atoms with Crippen molar-refractivity contribution < 1.29 is 55.3 Å². The Balaban J connectivity index is 1.62. The minimum absolute atomic E-state index is 0.00681. The summed E-state index contributed by atoms with van der Waals surface area (Å²) in [6.07, 6.45) is 0.842. The maximum atomic E-state index is 13.1. The molecule has 3 rings (SSSR count). The van der Waals surface area contributed by atoms with Gasteiger partial charge >= 0.3 is 17.9 Å². The third-order valence-corrected chi connectivity index (χ3v) is 10.3. The molecule has 1 heterocycles. The van der Waals surface area contributed by atoms with Gasteiger partial charge in [-0.3, -0.25) is 19.7 Å². The zero-order valence-electron chi connectivity index (χ0n) is 27.9. The lowest BCUT2D eigenvalue weighted by Crippen LogP contribution is -2.54. The third kappa shape index (κ3) is 11.4. The van der Waals surface area contributed by atoms with Crippen LogP contribution in [0.5, 0.6) is 0 Å². The molecule has 19 heteroatoms. The summed E-state index contributed by atoms with van der Waals surface area (Å²) >= 11 is 5.84. The molecule has 0 saturated carbocycles. The molecule has 0 bridgehead atoms. The van der Waals surface area contributed by atoms with E-state index in [1.807, 2.05) is 0 Å². The Morgan fingerprint density at radius 1 is 1.04 bits per heavy atom. The number of hydrogen-bond donors (Lipinski definition) is 4. The van der Waals surface area contributed by atoms with Crippen molar-refractivity contribution in [3.8, 4) is 0 Å². The van der Waals surface area contributed by atoms with Gasteiger partial charge in [0, 0.05) is 13.1 Å². The number of primary sulfonamides is 1. The number of nitrogens with zero attached hydrogens (tertiary/aromatic N) is 1. The van der Waals surface area contributed by atoms with Gasteiger partial charge in [0.15, 0.2) is 0 Å². The highest BCUT2D eigenvalue weighted by molar-refractivity contribution is 7.90. The van der Waals surface area contributed by atoms with Crippen LogP contribution in [0.2, 0.25) is 5.02 Å². The fourth-order valence-electron chi connectivity index (χ4n) is 4.73. The Kier molecular flexibility index (Phi) is 13.9. The molecule has 1 aliphatic heterocycles. The van der Waals surface area contributed by atoms with Crippen molar-refractivity contribution in [3.63, 3.8) is 0 Å². The van der Waals surface area contributed by atoms with Crippen molar-refractivity contribution in [2.24, 2.45) is 10.6 Å². The minimum atomic E-state index is -4.26. The number of ether oxygens (including phenoxy) is 3. The number of carbonyl (C=O) groups is 4. The van der Waals surface area contributed by atoms with Gasteiger partial charge in [0.05, 0.1) is 34.6 Å². The summed E-state index contributed by atoms with van der Waals surface area (Å²) < 4.78 is 67.3. The third-order valence-electron chi connectivity index (χ3n) is 7.49. The first kappa shape index (κ1) is 40.8. The molecule has 1 fully saturated rings. The minimum Gasteiger partial charge on any atom is -0.480 e. The number of rotatable bonds is 16. The molecule has 1 amide bonds. The van der Waals surface area contributed by atoms with Crippen LogP contribution in [0.25, 0.3) is 0 Å². The number of nitrogens with one attached hydrogen (secondary N) is 2. The Bertz CT molecular complexity index is 1780. The number of sulfonamides is 2. The Hall–Kier alpha value is -3.65. The first-order valence-electron chi connectivity index (χ1n) is 15.3. The molecule has 1 saturated heterocycles. The second-order valence-electron chi connectivity index (χ2n) is 12.5. The summed E-state index contributed by atoms with van der Waals surface area (Å²) in [6, 6.07) is 6.53. The fraction of sp³-hybridized carbons (Fsp3) is 0.484. The lowest BCUT2D eigenvalue weighted by Gasteiger charge is -2.27. The van der Waals surface area contributed by atoms with Crippen LogP contribution in [0.3, 0.4) is 0 Å². The molecular weight excluding hydrogens is 720 g/mol. The van der Waals surface area contributed by atoms with Gasteiger partial charge in [-0.1, -0.05) is 35.9 Å². The van der Waals surface area contributed by atoms with Gasteiger partial charge in [0.25, 0.3) is 0 Å². The molecule has 0 aromatic heterocycles. The number of carbonyl (C=O) groups excluding carboxylic acids is 3. The van der Waals surface area contributed by atoms with Crippen LogP contribution >= 0.6 is 11.6 Å². The van der Waals surface area contributed by atoms with Crippen LogP contribution in [-0.2, 0) is 66.6 Å². The summed E-state index contributed by atoms with van der Waals surface area (Å²) in [7, 11) is -8.39. The van der Waals surface area contributed by atoms with Crippen molar-refractivity contribution in [2.75, 3.05) is 19.9 Å². The van der Waals surface area contributed by atoms with E-state index in [4.69, 9.17) is 31.0 Å². The highest BCUT2D eigenvalue weighted by atomic mass is 35.5. The van der Waals surface area contributed by atoms with Crippen molar-refractivity contribution in [3.05, 3.63) is 58.6 Å². The number of likely N-dealkylation sites (tertiary alicyclic amines) is 1. The van der Waals surface area contributed by atoms with Gasteiger partial charge in [-0.05, 0) is 69.9 Å². The van der Waals surface area contributed by atoms with E-state index < -0.39 is 79.1 Å². The number of halogens is 1. The molecule has 0 radical (unpaired) electrons. The van der Waals surface area contributed by atoms with Crippen LogP contribution in [0.15, 0.2) is 52.3 Å². The average molecular weight is 761 g/mol. The molecule has 2 aromatic rings. The lowest BCUT2D eigenvalue weighted by molar-refractivity contribution is -0.175. The first-order valence-corrected chi connectivity index (χ1v) is 18.7. The highest BCUT2D eigenvalue weighted by Gasteiger charge is 2.37. The van der Waals surface area contributed by atoms with Crippen LogP contribution in [-0.4, -0.2) is 88.7 Å². The van der Waals surface area contributed by atoms with Gasteiger partial charge < -0.3 is 24.2 Å². The van der Waals surface area contributed by atoms with Gasteiger partial charge in [-0.15, -0.1) is 0 Å². The van der Waals surface area contributed by atoms with E-state index in [2.05, 4.69) is 10.0 Å². The summed E-state index contributed by atoms with van der Waals surface area (Å²) in [5.74, 6) is -3.10. The molecule has 0 spiro atoms. The normalized spacial score (nSPS) is 16.4. The van der Waals surface area contributed by atoms with E-state index in [-0.39, 0.29) is 36.2 Å². The van der Waals surface area contributed by atoms with Crippen molar-refractivity contribution >= 4 is 55.5 Å². The number of carboxylic acid groups (broad SMARTS) is 1. The molecule has 1 unspecified atom stereocenters. The molecule has 5 N–H and O–H groups in total. The number of hydrogen-bond acceptors (Lipinski definition) is 12. The zero-order chi connectivity index (χ0) is 37.4. The maximum Gasteiger partial charge on any atom is 0.328 e. The van der Waals surface area contributed by atoms with Gasteiger partial charge in [-0.25, -0.2) is 31.5 Å². The molecule has 3 atom stereocenters. The van der Waals surface area contributed by atoms with E-state index in [0.29, 0.717) is 24.0 Å². The zero-order valence-corrected chi connectivity index (χ0v) is 30.3. The number of aliphatic carboxylic acids is 1. The lowest BCUT2D eigenvalue weighted by atomic mass is 9.98. The van der Waals surface area contributed by atoms with E-state index >= 15 is 0 Å². The standard InChI is InChI=1S/C31H41ClN4O12S2/c1-19(27(37)36-13-5-6-25(36)28(38)39)35-24(29(40)47-18-48-30(41)31(2,3)4)17-46-16-21-9-7-20(8-10-21)15-34-50(44,45)22-11-12-23(32)26(14-22)49(33,42)43/h7-12,14,19,24-25,34-35H,5-6,13,15-18H2,1-4H3,(H,38,39)(H2,33,42,43)/t19-,24?,25-/m0/s1. The van der Waals surface area contributed by atoms with Crippen LogP contribution in [0.4, 0.5) is 0 Å². The van der Waals surface area contributed by atoms with Gasteiger partial charge in [-0.2, -0.15) is 0 Å². The monoisotopic (exact) mass is 760 g/mol. The smallest absolute Gasteiger partial charge is 0.328 e. The molecule has 2 aromatic carbocycles. The quantitative estimate of drug-likeness (QED) is 0.140. The Morgan fingerprint density at radius 3 is 2.28 bits per heavy atom. The predicted molar refractivity (Wildman–Crippen MR) is 178 cm³/mol. The van der Waals surface area contributed by atoms with Crippen molar-refractivity contribution in [1.29, 1.82) is 0 Å². The number of nitrogens with two attached hydrogens (primary N) is 1. The second-order valence-corrected chi connectivity index (χ2v) is 16.2.